The van der Waals surface area contributed by atoms with Gasteiger partial charge in [-0.25, -0.2) is 0 Å². The number of carbonyl (C=O) groups excluding carboxylic acids is 1. The Morgan fingerprint density at radius 1 is 1.33 bits per heavy atom. The number of hydrogen-bond donors (Lipinski definition) is 2. The fourth-order valence-electron chi connectivity index (χ4n) is 1.83. The average Bonchev–Trinajstić information content (AvgIpc) is 2.24. The van der Waals surface area contributed by atoms with Crippen molar-refractivity contribution in [3.8, 4) is 5.75 Å². The van der Waals surface area contributed by atoms with E-state index >= 15 is 0 Å². The second-order valence-electron chi connectivity index (χ2n) is 4.85. The standard InChI is InChI=1S/C14H22N2O2/c1-9(2)16-7-12-5-10(3)14(11(4)6-12)18-8-13(15)17/h5-6,9,16H,7-8H2,1-4H3,(H2,15,17). The first-order chi connectivity index (χ1) is 8.40. The molecule has 4 heteroatoms. The number of ether oxygens (including phenoxy) is 1. The van der Waals surface area contributed by atoms with Crippen LogP contribution in [-0.2, 0) is 11.3 Å². The van der Waals surface area contributed by atoms with Crippen molar-refractivity contribution in [3.05, 3.63) is 28.8 Å². The molecule has 18 heavy (non-hydrogen) atoms. The maximum absolute atomic E-state index is 10.7. The molecule has 0 aliphatic rings. The zero-order valence-corrected chi connectivity index (χ0v) is 11.5. The lowest BCUT2D eigenvalue weighted by atomic mass is 10.1. The lowest BCUT2D eigenvalue weighted by Gasteiger charge is -2.14. The minimum Gasteiger partial charge on any atom is -0.483 e. The van der Waals surface area contributed by atoms with Crippen LogP contribution in [0, 0.1) is 13.8 Å². The van der Waals surface area contributed by atoms with Crippen LogP contribution < -0.4 is 15.8 Å². The van der Waals surface area contributed by atoms with Crippen molar-refractivity contribution in [1.82, 2.24) is 5.32 Å². The zero-order chi connectivity index (χ0) is 13.7. The number of rotatable bonds is 6. The molecule has 4 nitrogen and oxygen atoms in total. The number of aryl methyl sites for hydroxylation is 2. The van der Waals surface area contributed by atoms with Crippen LogP contribution in [0.4, 0.5) is 0 Å². The van der Waals surface area contributed by atoms with Crippen LogP contribution in [0.1, 0.15) is 30.5 Å². The predicted molar refractivity (Wildman–Crippen MR) is 72.6 cm³/mol. The van der Waals surface area contributed by atoms with E-state index in [9.17, 15) is 4.79 Å². The number of hydrogen-bond acceptors (Lipinski definition) is 3. The van der Waals surface area contributed by atoms with E-state index < -0.39 is 5.91 Å². The summed E-state index contributed by atoms with van der Waals surface area (Å²) in [6, 6.07) is 4.59. The first kappa shape index (κ1) is 14.5. The van der Waals surface area contributed by atoms with E-state index in [1.54, 1.807) is 0 Å². The topological polar surface area (TPSA) is 64.3 Å². The van der Waals surface area contributed by atoms with Gasteiger partial charge >= 0.3 is 0 Å². The van der Waals surface area contributed by atoms with Crippen LogP contribution in [-0.4, -0.2) is 18.6 Å². The predicted octanol–water partition coefficient (Wildman–Crippen LogP) is 1.67. The SMILES string of the molecule is Cc1cc(CNC(C)C)cc(C)c1OCC(N)=O. The van der Waals surface area contributed by atoms with Crippen molar-refractivity contribution < 1.29 is 9.53 Å². The van der Waals surface area contributed by atoms with Gasteiger partial charge in [-0.2, -0.15) is 0 Å². The van der Waals surface area contributed by atoms with E-state index in [0.717, 1.165) is 23.4 Å². The van der Waals surface area contributed by atoms with Crippen LogP contribution in [0.3, 0.4) is 0 Å². The highest BCUT2D eigenvalue weighted by molar-refractivity contribution is 5.75. The highest BCUT2D eigenvalue weighted by atomic mass is 16.5. The number of carbonyl (C=O) groups is 1. The molecule has 0 heterocycles. The van der Waals surface area contributed by atoms with Crippen molar-refractivity contribution in [2.24, 2.45) is 5.73 Å². The molecule has 1 aromatic rings. The van der Waals surface area contributed by atoms with E-state index in [0.29, 0.717) is 6.04 Å². The molecular formula is C14H22N2O2. The van der Waals surface area contributed by atoms with Gasteiger partial charge in [-0.15, -0.1) is 0 Å². The van der Waals surface area contributed by atoms with Crippen molar-refractivity contribution >= 4 is 5.91 Å². The zero-order valence-electron chi connectivity index (χ0n) is 11.5. The van der Waals surface area contributed by atoms with Crippen LogP contribution in [0.2, 0.25) is 0 Å². The maximum atomic E-state index is 10.7. The summed E-state index contributed by atoms with van der Waals surface area (Å²) < 4.78 is 5.41. The summed E-state index contributed by atoms with van der Waals surface area (Å²) in [6.45, 7) is 8.93. The summed E-state index contributed by atoms with van der Waals surface area (Å²) in [5.74, 6) is 0.293. The van der Waals surface area contributed by atoms with E-state index in [2.05, 4.69) is 31.3 Å². The Kier molecular flexibility index (Phi) is 5.16. The Balaban J connectivity index is 2.80. The molecule has 0 aliphatic carbocycles. The first-order valence-electron chi connectivity index (χ1n) is 6.14. The van der Waals surface area contributed by atoms with Crippen LogP contribution in [0.5, 0.6) is 5.75 Å². The van der Waals surface area contributed by atoms with E-state index in [1.165, 1.54) is 5.56 Å². The first-order valence-corrected chi connectivity index (χ1v) is 6.14. The van der Waals surface area contributed by atoms with Gasteiger partial charge in [-0.3, -0.25) is 4.79 Å². The van der Waals surface area contributed by atoms with Gasteiger partial charge in [-0.05, 0) is 30.5 Å². The van der Waals surface area contributed by atoms with Gasteiger partial charge in [0.1, 0.15) is 5.75 Å². The van der Waals surface area contributed by atoms with Crippen LogP contribution >= 0.6 is 0 Å². The molecule has 0 atom stereocenters. The molecule has 0 unspecified atom stereocenters. The Bertz CT molecular complexity index is 405. The fourth-order valence-corrected chi connectivity index (χ4v) is 1.83. The lowest BCUT2D eigenvalue weighted by molar-refractivity contribution is -0.119. The molecule has 1 aromatic carbocycles. The number of nitrogens with two attached hydrogens (primary N) is 1. The lowest BCUT2D eigenvalue weighted by Crippen LogP contribution is -2.22. The quantitative estimate of drug-likeness (QED) is 0.807. The van der Waals surface area contributed by atoms with Gasteiger partial charge in [0, 0.05) is 12.6 Å². The minimum atomic E-state index is -0.459. The summed E-state index contributed by atoms with van der Waals surface area (Å²) in [5, 5.41) is 3.37. The molecule has 1 amide bonds. The summed E-state index contributed by atoms with van der Waals surface area (Å²) in [5.41, 5.74) is 8.34. The van der Waals surface area contributed by atoms with E-state index in [1.807, 2.05) is 13.8 Å². The van der Waals surface area contributed by atoms with Gasteiger partial charge in [0.2, 0.25) is 0 Å². The third-order valence-corrected chi connectivity index (χ3v) is 2.59. The molecule has 0 spiro atoms. The second kappa shape index (κ2) is 6.40. The molecular weight excluding hydrogens is 228 g/mol. The highest BCUT2D eigenvalue weighted by Crippen LogP contribution is 2.24. The second-order valence-corrected chi connectivity index (χ2v) is 4.85. The van der Waals surface area contributed by atoms with Crippen LogP contribution in [0.15, 0.2) is 12.1 Å². The van der Waals surface area contributed by atoms with Gasteiger partial charge < -0.3 is 15.8 Å². The monoisotopic (exact) mass is 250 g/mol. The number of amides is 1. The maximum Gasteiger partial charge on any atom is 0.255 e. The molecule has 0 saturated carbocycles. The normalized spacial score (nSPS) is 10.7. The number of benzene rings is 1. The summed E-state index contributed by atoms with van der Waals surface area (Å²) in [7, 11) is 0. The molecule has 0 bridgehead atoms. The van der Waals surface area contributed by atoms with Gasteiger partial charge in [-0.1, -0.05) is 26.0 Å². The summed E-state index contributed by atoms with van der Waals surface area (Å²) in [6.07, 6.45) is 0. The fraction of sp³-hybridized carbons (Fsp3) is 0.500. The molecule has 0 radical (unpaired) electrons. The van der Waals surface area contributed by atoms with Crippen molar-refractivity contribution in [2.45, 2.75) is 40.3 Å². The number of nitrogens with one attached hydrogen (secondary N) is 1. The summed E-state index contributed by atoms with van der Waals surface area (Å²) in [4.78, 5) is 10.7. The average molecular weight is 250 g/mol. The molecule has 0 fully saturated rings. The molecule has 1 rings (SSSR count). The number of primary amides is 1. The largest absolute Gasteiger partial charge is 0.483 e. The molecule has 0 saturated heterocycles. The summed E-state index contributed by atoms with van der Waals surface area (Å²) >= 11 is 0. The van der Waals surface area contributed by atoms with E-state index in [-0.39, 0.29) is 6.61 Å². The van der Waals surface area contributed by atoms with Crippen LogP contribution in [0.25, 0.3) is 0 Å². The molecule has 100 valence electrons. The Morgan fingerprint density at radius 2 is 1.89 bits per heavy atom. The molecule has 0 aliphatic heterocycles. The minimum absolute atomic E-state index is 0.0781. The van der Waals surface area contributed by atoms with Crippen molar-refractivity contribution in [3.63, 3.8) is 0 Å². The third kappa shape index (κ3) is 4.37. The van der Waals surface area contributed by atoms with Crippen molar-refractivity contribution in [2.75, 3.05) is 6.61 Å². The van der Waals surface area contributed by atoms with Gasteiger partial charge in [0.05, 0.1) is 0 Å². The Hall–Kier alpha value is -1.55. The molecule has 0 aromatic heterocycles. The van der Waals surface area contributed by atoms with E-state index in [4.69, 9.17) is 10.5 Å². The highest BCUT2D eigenvalue weighted by Gasteiger charge is 2.08. The Labute approximate surface area is 109 Å². The van der Waals surface area contributed by atoms with Gasteiger partial charge in [0.15, 0.2) is 6.61 Å². The molecule has 3 N–H and O–H groups in total. The van der Waals surface area contributed by atoms with Crippen molar-refractivity contribution in [1.29, 1.82) is 0 Å². The van der Waals surface area contributed by atoms with Gasteiger partial charge in [0.25, 0.3) is 5.91 Å². The third-order valence-electron chi connectivity index (χ3n) is 2.59. The Morgan fingerprint density at radius 3 is 2.33 bits per heavy atom. The smallest absolute Gasteiger partial charge is 0.255 e.